The summed E-state index contributed by atoms with van der Waals surface area (Å²) in [6, 6.07) is 14.9. The van der Waals surface area contributed by atoms with Crippen LogP contribution in [-0.4, -0.2) is 28.5 Å². The summed E-state index contributed by atoms with van der Waals surface area (Å²) >= 11 is 6.01. The highest BCUT2D eigenvalue weighted by atomic mass is 35.5. The molecule has 7 nitrogen and oxygen atoms in total. The smallest absolute Gasteiger partial charge is 0.219 e. The van der Waals surface area contributed by atoms with Crippen molar-refractivity contribution in [3.8, 4) is 0 Å². The summed E-state index contributed by atoms with van der Waals surface area (Å²) < 4.78 is 0. The zero-order chi connectivity index (χ0) is 19.0. The van der Waals surface area contributed by atoms with Gasteiger partial charge in [0.1, 0.15) is 0 Å². The van der Waals surface area contributed by atoms with Gasteiger partial charge in [0.25, 0.3) is 0 Å². The van der Waals surface area contributed by atoms with Gasteiger partial charge in [0.2, 0.25) is 11.5 Å². The number of aryl methyl sites for hydroxylation is 1. The molecule has 0 bridgehead atoms. The molecule has 1 aliphatic heterocycles. The Morgan fingerprint density at radius 3 is 2.45 bits per heavy atom. The lowest BCUT2D eigenvalue weighted by Gasteiger charge is -2.25. The van der Waals surface area contributed by atoms with Crippen LogP contribution in [-0.2, 0) is 12.0 Å². The first-order chi connectivity index (χ1) is 13.0. The lowest BCUT2D eigenvalue weighted by atomic mass is 9.88. The van der Waals surface area contributed by atoms with Crippen molar-refractivity contribution in [3.63, 3.8) is 0 Å². The van der Waals surface area contributed by atoms with Gasteiger partial charge in [-0.3, -0.25) is 0 Å². The van der Waals surface area contributed by atoms with Gasteiger partial charge in [-0.2, -0.15) is 4.99 Å². The molecule has 0 radical (unpaired) electrons. The molecule has 2 aromatic carbocycles. The van der Waals surface area contributed by atoms with E-state index in [1.165, 1.54) is 5.56 Å². The SMILES string of the molecule is Cl.Cl.NC1=NC(C(N)=NO)(c2ccc(Cl)cc2)C(N=C2CCc3ccccc32)=N1. The van der Waals surface area contributed by atoms with Crippen LogP contribution in [0.3, 0.4) is 0 Å². The molecule has 152 valence electrons. The molecular weight excluding hydrogens is 435 g/mol. The van der Waals surface area contributed by atoms with Crippen LogP contribution in [0.5, 0.6) is 0 Å². The molecular formula is C19H19Cl3N6O. The van der Waals surface area contributed by atoms with E-state index < -0.39 is 5.54 Å². The van der Waals surface area contributed by atoms with Gasteiger partial charge < -0.3 is 16.7 Å². The van der Waals surface area contributed by atoms with Crippen LogP contribution in [0.15, 0.2) is 68.7 Å². The maximum atomic E-state index is 9.42. The van der Waals surface area contributed by atoms with E-state index in [0.29, 0.717) is 10.6 Å². The van der Waals surface area contributed by atoms with E-state index >= 15 is 0 Å². The molecule has 2 aliphatic rings. The van der Waals surface area contributed by atoms with Crippen molar-refractivity contribution in [2.24, 2.45) is 31.6 Å². The van der Waals surface area contributed by atoms with Gasteiger partial charge in [0.15, 0.2) is 11.7 Å². The number of hydrogen-bond donors (Lipinski definition) is 3. The van der Waals surface area contributed by atoms with Crippen LogP contribution in [0.4, 0.5) is 0 Å². The number of rotatable bonds is 2. The molecule has 1 aliphatic carbocycles. The Balaban J connectivity index is 0.00000150. The van der Waals surface area contributed by atoms with Crippen molar-refractivity contribution in [3.05, 3.63) is 70.2 Å². The molecule has 0 spiro atoms. The molecule has 0 fully saturated rings. The highest BCUT2D eigenvalue weighted by molar-refractivity contribution is 6.30. The van der Waals surface area contributed by atoms with Gasteiger partial charge in [-0.25, -0.2) is 9.98 Å². The summed E-state index contributed by atoms with van der Waals surface area (Å²) in [5.74, 6) is 0.117. The van der Waals surface area contributed by atoms with Crippen molar-refractivity contribution >= 4 is 59.8 Å². The number of hydrogen-bond acceptors (Lipinski definition) is 6. The average molecular weight is 454 g/mol. The van der Waals surface area contributed by atoms with E-state index in [2.05, 4.69) is 21.2 Å². The van der Waals surface area contributed by atoms with Crippen molar-refractivity contribution < 1.29 is 5.21 Å². The average Bonchev–Trinajstić information content (AvgIpc) is 3.24. The summed E-state index contributed by atoms with van der Waals surface area (Å²) in [5.41, 5.74) is 14.3. The topological polar surface area (TPSA) is 122 Å². The monoisotopic (exact) mass is 452 g/mol. The number of fused-ring (bicyclic) bond motifs is 1. The molecule has 5 N–H and O–H groups in total. The van der Waals surface area contributed by atoms with E-state index in [9.17, 15) is 5.21 Å². The Kier molecular flexibility index (Phi) is 6.89. The van der Waals surface area contributed by atoms with Crippen molar-refractivity contribution in [1.29, 1.82) is 0 Å². The second kappa shape index (κ2) is 8.82. The lowest BCUT2D eigenvalue weighted by Crippen LogP contribution is -2.45. The van der Waals surface area contributed by atoms with Gasteiger partial charge in [-0.05, 0) is 41.7 Å². The zero-order valence-electron chi connectivity index (χ0n) is 15.1. The minimum atomic E-state index is -1.39. The van der Waals surface area contributed by atoms with Gasteiger partial charge in [-0.1, -0.05) is 53.2 Å². The number of nitrogens with two attached hydrogens (primary N) is 2. The van der Waals surface area contributed by atoms with Crippen LogP contribution < -0.4 is 11.5 Å². The minimum absolute atomic E-state index is 0. The van der Waals surface area contributed by atoms with Crippen LogP contribution in [0, 0.1) is 0 Å². The fourth-order valence-electron chi connectivity index (χ4n) is 3.47. The number of nitrogens with zero attached hydrogens (tertiary/aromatic N) is 4. The molecule has 1 unspecified atom stereocenters. The van der Waals surface area contributed by atoms with Crippen LogP contribution in [0.2, 0.25) is 5.02 Å². The Bertz CT molecular complexity index is 1030. The van der Waals surface area contributed by atoms with E-state index in [0.717, 1.165) is 24.1 Å². The highest BCUT2D eigenvalue weighted by Crippen LogP contribution is 2.34. The molecule has 2 aromatic rings. The number of aliphatic imine (C=N–C) groups is 3. The number of halogens is 3. The van der Waals surface area contributed by atoms with Gasteiger partial charge in [0.05, 0.1) is 5.71 Å². The van der Waals surface area contributed by atoms with Crippen LogP contribution in [0.25, 0.3) is 0 Å². The fraction of sp³-hybridized carbons (Fsp3) is 0.158. The zero-order valence-corrected chi connectivity index (χ0v) is 17.5. The summed E-state index contributed by atoms with van der Waals surface area (Å²) in [6.07, 6.45) is 1.67. The highest BCUT2D eigenvalue weighted by Gasteiger charge is 2.47. The van der Waals surface area contributed by atoms with Gasteiger partial charge in [0, 0.05) is 5.02 Å². The van der Waals surface area contributed by atoms with E-state index in [-0.39, 0.29) is 42.4 Å². The van der Waals surface area contributed by atoms with Crippen molar-refractivity contribution in [2.75, 3.05) is 0 Å². The fourth-order valence-corrected chi connectivity index (χ4v) is 3.60. The third kappa shape index (κ3) is 3.81. The molecule has 0 amide bonds. The third-order valence-electron chi connectivity index (χ3n) is 4.77. The van der Waals surface area contributed by atoms with E-state index in [1.807, 2.05) is 18.2 Å². The summed E-state index contributed by atoms with van der Waals surface area (Å²) in [4.78, 5) is 13.4. The molecule has 1 heterocycles. The molecule has 29 heavy (non-hydrogen) atoms. The van der Waals surface area contributed by atoms with Crippen LogP contribution >= 0.6 is 36.4 Å². The largest absolute Gasteiger partial charge is 0.409 e. The predicted molar refractivity (Wildman–Crippen MR) is 121 cm³/mol. The minimum Gasteiger partial charge on any atom is -0.409 e. The van der Waals surface area contributed by atoms with Crippen LogP contribution in [0.1, 0.15) is 23.1 Å². The van der Waals surface area contributed by atoms with Gasteiger partial charge >= 0.3 is 0 Å². The predicted octanol–water partition coefficient (Wildman–Crippen LogP) is 3.29. The first kappa shape index (κ1) is 22.7. The first-order valence-electron chi connectivity index (χ1n) is 8.39. The standard InChI is InChI=1S/C19H17ClN6O.2ClH/c20-13-8-6-12(7-9-13)19(16(21)26-27)17(24-18(22)25-19)23-15-10-5-11-3-1-2-4-14(11)15;;/h1-4,6-9,27H,5,10H2,(H2,21,26)(H2,22,25);2*1H. The summed E-state index contributed by atoms with van der Waals surface area (Å²) in [7, 11) is 0. The summed E-state index contributed by atoms with van der Waals surface area (Å²) in [5, 5.41) is 13.2. The van der Waals surface area contributed by atoms with Crippen molar-refractivity contribution in [1.82, 2.24) is 0 Å². The third-order valence-corrected chi connectivity index (χ3v) is 5.02. The molecule has 1 atom stereocenters. The second-order valence-electron chi connectivity index (χ2n) is 6.32. The number of amidine groups is 2. The molecule has 0 aromatic heterocycles. The maximum Gasteiger partial charge on any atom is 0.219 e. The molecule has 10 heteroatoms. The summed E-state index contributed by atoms with van der Waals surface area (Å²) in [6.45, 7) is 0. The Labute approximate surface area is 185 Å². The molecule has 0 saturated carbocycles. The second-order valence-corrected chi connectivity index (χ2v) is 6.76. The molecule has 4 rings (SSSR count). The Morgan fingerprint density at radius 2 is 1.76 bits per heavy atom. The Morgan fingerprint density at radius 1 is 1.07 bits per heavy atom. The Hall–Kier alpha value is -2.61. The van der Waals surface area contributed by atoms with E-state index in [1.54, 1.807) is 24.3 Å². The van der Waals surface area contributed by atoms with E-state index in [4.69, 9.17) is 28.1 Å². The molecule has 0 saturated heterocycles. The first-order valence-corrected chi connectivity index (χ1v) is 8.77. The van der Waals surface area contributed by atoms with Gasteiger partial charge in [-0.15, -0.1) is 24.8 Å². The maximum absolute atomic E-state index is 9.42. The number of guanidine groups is 1. The number of oxime groups is 1. The van der Waals surface area contributed by atoms with Crippen molar-refractivity contribution in [2.45, 2.75) is 18.4 Å². The normalized spacial score (nSPS) is 21.7. The lowest BCUT2D eigenvalue weighted by molar-refractivity contribution is 0.314. The quantitative estimate of drug-likeness (QED) is 0.280. The number of benzene rings is 2.